The first kappa shape index (κ1) is 19.6. The molecular weight excluding hydrogens is 362 g/mol. The number of sulfonamides is 1. The second-order valence-corrected chi connectivity index (χ2v) is 9.10. The van der Waals surface area contributed by atoms with E-state index in [0.717, 1.165) is 42.6 Å². The molecule has 0 radical (unpaired) electrons. The van der Waals surface area contributed by atoms with Crippen LogP contribution in [0.3, 0.4) is 0 Å². The monoisotopic (exact) mass is 389 g/mol. The summed E-state index contributed by atoms with van der Waals surface area (Å²) >= 11 is 0. The molecule has 1 aromatic heterocycles. The first-order chi connectivity index (χ1) is 12.8. The van der Waals surface area contributed by atoms with E-state index in [9.17, 15) is 13.2 Å². The largest absolute Gasteiger partial charge is 0.334 e. The van der Waals surface area contributed by atoms with Crippen LogP contribution in [0.1, 0.15) is 41.0 Å². The van der Waals surface area contributed by atoms with E-state index >= 15 is 0 Å². The minimum atomic E-state index is -3.27. The van der Waals surface area contributed by atoms with Gasteiger partial charge in [0.05, 0.1) is 6.26 Å². The molecule has 0 spiro atoms. The van der Waals surface area contributed by atoms with Crippen molar-refractivity contribution in [3.8, 4) is 5.69 Å². The second kappa shape index (κ2) is 7.86. The first-order valence-corrected chi connectivity index (χ1v) is 11.2. The predicted octanol–water partition coefficient (Wildman–Crippen LogP) is 2.64. The SMILES string of the molecule is Cc1ccc(C)n1-c1ccc(C(=O)N2CCCCC2CNS(C)(=O)=O)cc1. The average molecular weight is 390 g/mol. The lowest BCUT2D eigenvalue weighted by molar-refractivity contribution is 0.0619. The Morgan fingerprint density at radius 3 is 2.30 bits per heavy atom. The molecule has 1 amide bonds. The van der Waals surface area contributed by atoms with Gasteiger partial charge in [0.2, 0.25) is 10.0 Å². The Balaban J connectivity index is 1.77. The van der Waals surface area contributed by atoms with Gasteiger partial charge in [-0.05, 0) is 69.5 Å². The number of likely N-dealkylation sites (tertiary alicyclic amines) is 1. The summed E-state index contributed by atoms with van der Waals surface area (Å²) in [5, 5.41) is 0. The standard InChI is InChI=1S/C20H27N3O3S/c1-15-7-8-16(2)23(15)18-11-9-17(10-12-18)20(24)22-13-5-4-6-19(22)14-21-27(3,25)26/h7-12,19,21H,4-6,13-14H2,1-3H3. The Morgan fingerprint density at radius 2 is 1.70 bits per heavy atom. The van der Waals surface area contributed by atoms with Crippen LogP contribution < -0.4 is 4.72 Å². The number of piperidine rings is 1. The smallest absolute Gasteiger partial charge is 0.254 e. The molecule has 1 saturated heterocycles. The van der Waals surface area contributed by atoms with Crippen molar-refractivity contribution in [2.45, 2.75) is 39.2 Å². The van der Waals surface area contributed by atoms with Crippen molar-refractivity contribution in [2.24, 2.45) is 0 Å². The molecule has 1 unspecified atom stereocenters. The maximum absolute atomic E-state index is 13.0. The third-order valence-corrected chi connectivity index (χ3v) is 5.80. The highest BCUT2D eigenvalue weighted by atomic mass is 32.2. The lowest BCUT2D eigenvalue weighted by atomic mass is 10.0. The highest BCUT2D eigenvalue weighted by Gasteiger charge is 2.28. The van der Waals surface area contributed by atoms with Crippen LogP contribution in [0.2, 0.25) is 0 Å². The Hall–Kier alpha value is -2.12. The molecule has 7 heteroatoms. The van der Waals surface area contributed by atoms with Crippen LogP contribution in [-0.4, -0.2) is 49.2 Å². The van der Waals surface area contributed by atoms with Crippen molar-refractivity contribution < 1.29 is 13.2 Å². The summed E-state index contributed by atoms with van der Waals surface area (Å²) in [4.78, 5) is 14.8. The van der Waals surface area contributed by atoms with E-state index < -0.39 is 10.0 Å². The minimum absolute atomic E-state index is 0.0394. The van der Waals surface area contributed by atoms with E-state index in [1.807, 2.05) is 29.2 Å². The molecule has 1 fully saturated rings. The number of carbonyl (C=O) groups is 1. The topological polar surface area (TPSA) is 71.4 Å². The Morgan fingerprint density at radius 1 is 1.07 bits per heavy atom. The van der Waals surface area contributed by atoms with Gasteiger partial charge in [0.1, 0.15) is 0 Å². The quantitative estimate of drug-likeness (QED) is 0.855. The predicted molar refractivity (Wildman–Crippen MR) is 107 cm³/mol. The van der Waals surface area contributed by atoms with Crippen LogP contribution in [0.4, 0.5) is 0 Å². The van der Waals surface area contributed by atoms with Gasteiger partial charge >= 0.3 is 0 Å². The number of benzene rings is 1. The Kier molecular flexibility index (Phi) is 5.72. The highest BCUT2D eigenvalue weighted by Crippen LogP contribution is 2.21. The van der Waals surface area contributed by atoms with Crippen LogP contribution in [0.5, 0.6) is 0 Å². The number of nitrogens with zero attached hydrogens (tertiary/aromatic N) is 2. The normalized spacial score (nSPS) is 17.9. The van der Waals surface area contributed by atoms with E-state index in [0.29, 0.717) is 12.1 Å². The fraction of sp³-hybridized carbons (Fsp3) is 0.450. The maximum Gasteiger partial charge on any atom is 0.254 e. The zero-order chi connectivity index (χ0) is 19.6. The second-order valence-electron chi connectivity index (χ2n) is 7.27. The summed E-state index contributed by atoms with van der Waals surface area (Å²) in [5.41, 5.74) is 3.96. The number of hydrogen-bond acceptors (Lipinski definition) is 3. The fourth-order valence-electron chi connectivity index (χ4n) is 3.72. The molecule has 0 saturated carbocycles. The summed E-state index contributed by atoms with van der Waals surface area (Å²) < 4.78 is 27.5. The average Bonchev–Trinajstić information content (AvgIpc) is 2.97. The van der Waals surface area contributed by atoms with Crippen molar-refractivity contribution in [3.05, 3.63) is 53.3 Å². The van der Waals surface area contributed by atoms with E-state index in [1.165, 1.54) is 0 Å². The van der Waals surface area contributed by atoms with Gasteiger partial charge in [-0.15, -0.1) is 0 Å². The van der Waals surface area contributed by atoms with Gasteiger partial charge in [-0.3, -0.25) is 4.79 Å². The van der Waals surface area contributed by atoms with Crippen LogP contribution >= 0.6 is 0 Å². The molecule has 0 bridgehead atoms. The summed E-state index contributed by atoms with van der Waals surface area (Å²) in [6.07, 6.45) is 3.91. The van der Waals surface area contributed by atoms with Crippen LogP contribution in [0.25, 0.3) is 5.69 Å². The van der Waals surface area contributed by atoms with Gasteiger partial charge in [0, 0.05) is 41.8 Å². The van der Waals surface area contributed by atoms with E-state index in [-0.39, 0.29) is 18.5 Å². The lowest BCUT2D eigenvalue weighted by Gasteiger charge is -2.36. The van der Waals surface area contributed by atoms with Gasteiger partial charge in [0.15, 0.2) is 0 Å². The number of aromatic nitrogens is 1. The van der Waals surface area contributed by atoms with Gasteiger partial charge in [-0.25, -0.2) is 13.1 Å². The summed E-state index contributed by atoms with van der Waals surface area (Å²) in [6.45, 7) is 5.04. The molecule has 2 aromatic rings. The van der Waals surface area contributed by atoms with Gasteiger partial charge in [-0.2, -0.15) is 0 Å². The van der Waals surface area contributed by atoms with Crippen LogP contribution in [0, 0.1) is 13.8 Å². The van der Waals surface area contributed by atoms with Crippen LogP contribution in [-0.2, 0) is 10.0 Å². The zero-order valence-corrected chi connectivity index (χ0v) is 16.9. The summed E-state index contributed by atoms with van der Waals surface area (Å²) in [5.74, 6) is -0.0394. The van der Waals surface area contributed by atoms with Crippen molar-refractivity contribution in [3.63, 3.8) is 0 Å². The molecule has 1 aliphatic heterocycles. The number of hydrogen-bond donors (Lipinski definition) is 1. The molecule has 1 aromatic carbocycles. The van der Waals surface area contributed by atoms with Crippen LogP contribution in [0.15, 0.2) is 36.4 Å². The molecule has 2 heterocycles. The van der Waals surface area contributed by atoms with Gasteiger partial charge in [0.25, 0.3) is 5.91 Å². The number of rotatable bonds is 5. The number of carbonyl (C=O) groups excluding carboxylic acids is 1. The molecule has 146 valence electrons. The van der Waals surface area contributed by atoms with E-state index in [4.69, 9.17) is 0 Å². The lowest BCUT2D eigenvalue weighted by Crippen LogP contribution is -2.49. The maximum atomic E-state index is 13.0. The van der Waals surface area contributed by atoms with Crippen molar-refractivity contribution in [2.75, 3.05) is 19.3 Å². The molecule has 1 atom stereocenters. The van der Waals surface area contributed by atoms with E-state index in [1.54, 1.807) is 0 Å². The minimum Gasteiger partial charge on any atom is -0.334 e. The van der Waals surface area contributed by atoms with Crippen molar-refractivity contribution in [1.29, 1.82) is 0 Å². The third-order valence-electron chi connectivity index (χ3n) is 5.11. The Bertz CT molecular complexity index is 897. The van der Waals surface area contributed by atoms with Crippen molar-refractivity contribution in [1.82, 2.24) is 14.2 Å². The van der Waals surface area contributed by atoms with Gasteiger partial charge < -0.3 is 9.47 Å². The molecule has 6 nitrogen and oxygen atoms in total. The highest BCUT2D eigenvalue weighted by molar-refractivity contribution is 7.88. The Labute approximate surface area is 161 Å². The molecule has 27 heavy (non-hydrogen) atoms. The van der Waals surface area contributed by atoms with E-state index in [2.05, 4.69) is 35.3 Å². The summed E-state index contributed by atoms with van der Waals surface area (Å²) in [7, 11) is -3.27. The first-order valence-electron chi connectivity index (χ1n) is 9.27. The third kappa shape index (κ3) is 4.59. The molecular formula is C20H27N3O3S. The number of nitrogens with one attached hydrogen (secondary N) is 1. The molecule has 1 N–H and O–H groups in total. The number of amides is 1. The number of aryl methyl sites for hydroxylation is 2. The fourth-order valence-corrected chi connectivity index (χ4v) is 4.22. The van der Waals surface area contributed by atoms with Gasteiger partial charge in [-0.1, -0.05) is 0 Å². The molecule has 3 rings (SSSR count). The summed E-state index contributed by atoms with van der Waals surface area (Å²) in [6, 6.07) is 11.7. The molecule has 1 aliphatic rings. The zero-order valence-electron chi connectivity index (χ0n) is 16.1. The van der Waals surface area contributed by atoms with Crippen molar-refractivity contribution >= 4 is 15.9 Å². The molecule has 0 aliphatic carbocycles.